The summed E-state index contributed by atoms with van der Waals surface area (Å²) in [4.78, 5) is 11.3. The lowest BCUT2D eigenvalue weighted by molar-refractivity contribution is 0.0600. The van der Waals surface area contributed by atoms with Crippen molar-refractivity contribution in [1.29, 1.82) is 0 Å². The molecule has 1 aromatic carbocycles. The number of carbonyl (C=O) groups excluding carboxylic acids is 1. The number of ether oxygens (including phenoxy) is 2. The van der Waals surface area contributed by atoms with Gasteiger partial charge in [-0.25, -0.2) is 4.79 Å². The molecular formula is C12H17NO4. The Labute approximate surface area is 100 Å². The Morgan fingerprint density at radius 1 is 1.53 bits per heavy atom. The Morgan fingerprint density at radius 3 is 2.82 bits per heavy atom. The number of aliphatic hydroxyl groups is 1. The van der Waals surface area contributed by atoms with Gasteiger partial charge < -0.3 is 20.3 Å². The highest BCUT2D eigenvalue weighted by molar-refractivity contribution is 5.90. The lowest BCUT2D eigenvalue weighted by Gasteiger charge is -2.13. The van der Waals surface area contributed by atoms with Crippen LogP contribution in [0.5, 0.6) is 5.75 Å². The highest BCUT2D eigenvalue weighted by atomic mass is 16.5. The third-order valence-corrected chi connectivity index (χ3v) is 2.27. The van der Waals surface area contributed by atoms with Crippen LogP contribution in [0, 0.1) is 5.92 Å². The van der Waals surface area contributed by atoms with Gasteiger partial charge in [-0.15, -0.1) is 0 Å². The van der Waals surface area contributed by atoms with Crippen LogP contribution in [0.3, 0.4) is 0 Å². The predicted octanol–water partition coefficient (Wildman–Crippen LogP) is 1.06. The highest BCUT2D eigenvalue weighted by Gasteiger charge is 2.10. The average Bonchev–Trinajstić information content (AvgIpc) is 2.36. The number of hydrogen-bond acceptors (Lipinski definition) is 5. The molecule has 0 aromatic heterocycles. The minimum Gasteiger partial charge on any atom is -0.491 e. The summed E-state index contributed by atoms with van der Waals surface area (Å²) in [6, 6.07) is 4.69. The van der Waals surface area contributed by atoms with Gasteiger partial charge in [0.15, 0.2) is 0 Å². The molecule has 94 valence electrons. The summed E-state index contributed by atoms with van der Waals surface area (Å²) in [5.41, 5.74) is 6.55. The molecule has 1 atom stereocenters. The molecule has 0 amide bonds. The topological polar surface area (TPSA) is 81.8 Å². The van der Waals surface area contributed by atoms with E-state index in [4.69, 9.17) is 15.6 Å². The molecule has 5 heteroatoms. The monoisotopic (exact) mass is 239 g/mol. The van der Waals surface area contributed by atoms with Crippen LogP contribution >= 0.6 is 0 Å². The molecule has 1 aromatic rings. The van der Waals surface area contributed by atoms with Gasteiger partial charge in [0.1, 0.15) is 5.75 Å². The maximum atomic E-state index is 11.3. The molecule has 1 unspecified atom stereocenters. The van der Waals surface area contributed by atoms with Gasteiger partial charge in [-0.2, -0.15) is 0 Å². The minimum atomic E-state index is -0.440. The zero-order valence-electron chi connectivity index (χ0n) is 9.97. The van der Waals surface area contributed by atoms with E-state index >= 15 is 0 Å². The number of anilines is 1. The van der Waals surface area contributed by atoms with Crippen molar-refractivity contribution in [1.82, 2.24) is 0 Å². The second-order valence-corrected chi connectivity index (χ2v) is 3.84. The van der Waals surface area contributed by atoms with Crippen LogP contribution in [0.2, 0.25) is 0 Å². The van der Waals surface area contributed by atoms with E-state index in [1.165, 1.54) is 13.2 Å². The quantitative estimate of drug-likeness (QED) is 0.593. The molecule has 1 rings (SSSR count). The van der Waals surface area contributed by atoms with E-state index in [2.05, 4.69) is 4.74 Å². The first kappa shape index (κ1) is 13.3. The fraction of sp³-hybridized carbons (Fsp3) is 0.417. The number of methoxy groups -OCH3 is 1. The van der Waals surface area contributed by atoms with E-state index in [-0.39, 0.29) is 12.5 Å². The normalized spacial score (nSPS) is 11.9. The third-order valence-electron chi connectivity index (χ3n) is 2.27. The average molecular weight is 239 g/mol. The SMILES string of the molecule is COC(=O)c1ccc(N)c(OCC(C)CO)c1. The number of rotatable bonds is 5. The largest absolute Gasteiger partial charge is 0.491 e. The molecule has 0 fully saturated rings. The second-order valence-electron chi connectivity index (χ2n) is 3.84. The molecule has 3 N–H and O–H groups in total. The first-order valence-electron chi connectivity index (χ1n) is 5.30. The minimum absolute atomic E-state index is 0.0104. The van der Waals surface area contributed by atoms with Crippen molar-refractivity contribution in [3.63, 3.8) is 0 Å². The zero-order valence-corrected chi connectivity index (χ0v) is 9.97. The molecule has 0 radical (unpaired) electrons. The Bertz CT molecular complexity index is 392. The van der Waals surface area contributed by atoms with E-state index in [0.29, 0.717) is 23.6 Å². The molecule has 0 saturated carbocycles. The zero-order chi connectivity index (χ0) is 12.8. The van der Waals surface area contributed by atoms with E-state index in [0.717, 1.165) is 0 Å². The van der Waals surface area contributed by atoms with Crippen molar-refractivity contribution >= 4 is 11.7 Å². The molecular weight excluding hydrogens is 222 g/mol. The van der Waals surface area contributed by atoms with Crippen molar-refractivity contribution in [3.05, 3.63) is 23.8 Å². The van der Waals surface area contributed by atoms with Crippen LogP contribution in [-0.4, -0.2) is 31.4 Å². The second kappa shape index (κ2) is 6.10. The number of nitrogen functional groups attached to an aromatic ring is 1. The van der Waals surface area contributed by atoms with Gasteiger partial charge in [0.05, 0.1) is 25.0 Å². The van der Waals surface area contributed by atoms with Gasteiger partial charge in [-0.3, -0.25) is 0 Å². The lowest BCUT2D eigenvalue weighted by atomic mass is 10.2. The standard InChI is InChI=1S/C12H17NO4/c1-8(6-14)7-17-11-5-9(12(15)16-2)3-4-10(11)13/h3-5,8,14H,6-7,13H2,1-2H3. The molecule has 0 spiro atoms. The fourth-order valence-corrected chi connectivity index (χ4v) is 1.19. The summed E-state index contributed by atoms with van der Waals surface area (Å²) < 4.78 is 10.0. The number of nitrogens with two attached hydrogens (primary N) is 1. The van der Waals surface area contributed by atoms with Crippen molar-refractivity contribution in [2.24, 2.45) is 5.92 Å². The fourth-order valence-electron chi connectivity index (χ4n) is 1.19. The molecule has 0 heterocycles. The molecule has 0 aliphatic rings. The van der Waals surface area contributed by atoms with Crippen molar-refractivity contribution in [2.45, 2.75) is 6.92 Å². The number of aliphatic hydroxyl groups excluding tert-OH is 1. The van der Waals surface area contributed by atoms with Gasteiger partial charge in [0.25, 0.3) is 0 Å². The molecule has 0 bridgehead atoms. The third kappa shape index (κ3) is 3.64. The van der Waals surface area contributed by atoms with E-state index in [1.54, 1.807) is 12.1 Å². The van der Waals surface area contributed by atoms with Crippen LogP contribution in [0.4, 0.5) is 5.69 Å². The van der Waals surface area contributed by atoms with Crippen LogP contribution in [0.1, 0.15) is 17.3 Å². The predicted molar refractivity (Wildman–Crippen MR) is 63.9 cm³/mol. The van der Waals surface area contributed by atoms with Crippen molar-refractivity contribution in [3.8, 4) is 5.75 Å². The Hall–Kier alpha value is -1.75. The molecule has 5 nitrogen and oxygen atoms in total. The summed E-state index contributed by atoms with van der Waals surface area (Å²) >= 11 is 0. The van der Waals surface area contributed by atoms with Crippen LogP contribution in [0.25, 0.3) is 0 Å². The number of esters is 1. The summed E-state index contributed by atoms with van der Waals surface area (Å²) in [5.74, 6) is -0.00515. The van der Waals surface area contributed by atoms with Gasteiger partial charge >= 0.3 is 5.97 Å². The maximum absolute atomic E-state index is 11.3. The summed E-state index contributed by atoms with van der Waals surface area (Å²) in [7, 11) is 1.31. The van der Waals surface area contributed by atoms with Crippen molar-refractivity contribution in [2.75, 3.05) is 26.1 Å². The smallest absolute Gasteiger partial charge is 0.337 e. The van der Waals surface area contributed by atoms with Gasteiger partial charge in [0, 0.05) is 12.5 Å². The first-order valence-corrected chi connectivity index (χ1v) is 5.30. The number of hydrogen-bond donors (Lipinski definition) is 2. The van der Waals surface area contributed by atoms with Gasteiger partial charge in [-0.05, 0) is 18.2 Å². The van der Waals surface area contributed by atoms with Crippen LogP contribution < -0.4 is 10.5 Å². The Kier molecular flexibility index (Phi) is 4.78. The Balaban J connectivity index is 2.80. The molecule has 0 saturated heterocycles. The lowest BCUT2D eigenvalue weighted by Crippen LogP contribution is -2.13. The van der Waals surface area contributed by atoms with Crippen LogP contribution in [-0.2, 0) is 4.74 Å². The summed E-state index contributed by atoms with van der Waals surface area (Å²) in [6.45, 7) is 2.22. The summed E-state index contributed by atoms with van der Waals surface area (Å²) in [6.07, 6.45) is 0. The number of carbonyl (C=O) groups is 1. The van der Waals surface area contributed by atoms with Gasteiger partial charge in [-0.1, -0.05) is 6.92 Å². The summed E-state index contributed by atoms with van der Waals surface area (Å²) in [5, 5.41) is 8.88. The molecule has 0 aliphatic heterocycles. The number of benzene rings is 1. The maximum Gasteiger partial charge on any atom is 0.337 e. The van der Waals surface area contributed by atoms with E-state index in [9.17, 15) is 4.79 Å². The van der Waals surface area contributed by atoms with Gasteiger partial charge in [0.2, 0.25) is 0 Å². The van der Waals surface area contributed by atoms with E-state index < -0.39 is 5.97 Å². The molecule has 17 heavy (non-hydrogen) atoms. The highest BCUT2D eigenvalue weighted by Crippen LogP contribution is 2.23. The first-order chi connectivity index (χ1) is 8.08. The molecule has 0 aliphatic carbocycles. The van der Waals surface area contributed by atoms with Crippen molar-refractivity contribution < 1.29 is 19.4 Å². The Morgan fingerprint density at radius 2 is 2.24 bits per heavy atom. The van der Waals surface area contributed by atoms with E-state index in [1.807, 2.05) is 6.92 Å². The van der Waals surface area contributed by atoms with Crippen LogP contribution in [0.15, 0.2) is 18.2 Å².